The van der Waals surface area contributed by atoms with Gasteiger partial charge in [-0.3, -0.25) is 14.9 Å². The van der Waals surface area contributed by atoms with E-state index in [1.165, 1.54) is 19.4 Å². The predicted molar refractivity (Wildman–Crippen MR) is 109 cm³/mol. The van der Waals surface area contributed by atoms with Crippen LogP contribution in [-0.2, 0) is 13.0 Å². The fourth-order valence-electron chi connectivity index (χ4n) is 3.60. The number of anilines is 2. The quantitative estimate of drug-likeness (QED) is 0.389. The molecule has 0 amide bonds. The third-order valence-electron chi connectivity index (χ3n) is 5.11. The number of hydrogen-bond donors (Lipinski definition) is 1. The van der Waals surface area contributed by atoms with Crippen molar-refractivity contribution in [3.63, 3.8) is 0 Å². The summed E-state index contributed by atoms with van der Waals surface area (Å²) in [7, 11) is 0. The largest absolute Gasteiger partial charge is 0.350 e. The normalized spacial score (nSPS) is 13.4. The molecular formula is C21H21N5O3. The molecule has 0 spiro atoms. The summed E-state index contributed by atoms with van der Waals surface area (Å²) in [6.45, 7) is 2.28. The van der Waals surface area contributed by atoms with E-state index in [2.05, 4.69) is 20.1 Å². The molecule has 0 radical (unpaired) electrons. The number of nitro groups is 1. The van der Waals surface area contributed by atoms with E-state index in [0.717, 1.165) is 43.0 Å². The van der Waals surface area contributed by atoms with E-state index >= 15 is 0 Å². The molecule has 2 aromatic carbocycles. The molecule has 3 aromatic rings. The van der Waals surface area contributed by atoms with Gasteiger partial charge in [-0.1, -0.05) is 18.6 Å². The zero-order chi connectivity index (χ0) is 20.4. The van der Waals surface area contributed by atoms with Gasteiger partial charge in [-0.15, -0.1) is 10.2 Å². The molecule has 0 saturated heterocycles. The minimum Gasteiger partial charge on any atom is -0.350 e. The Labute approximate surface area is 167 Å². The van der Waals surface area contributed by atoms with E-state index in [1.807, 2.05) is 24.3 Å². The molecule has 1 N–H and O–H groups in total. The number of rotatable bonds is 5. The van der Waals surface area contributed by atoms with Crippen molar-refractivity contribution in [3.8, 4) is 11.4 Å². The van der Waals surface area contributed by atoms with Gasteiger partial charge in [0.05, 0.1) is 4.92 Å². The Hall–Kier alpha value is -3.55. The number of nitrogens with zero attached hydrogens (tertiary/aromatic N) is 4. The summed E-state index contributed by atoms with van der Waals surface area (Å²) in [5.74, 6) is 1.60. The van der Waals surface area contributed by atoms with E-state index in [1.54, 1.807) is 12.1 Å². The van der Waals surface area contributed by atoms with Gasteiger partial charge in [0.1, 0.15) is 11.5 Å². The highest BCUT2D eigenvalue weighted by Gasteiger charge is 2.18. The number of benzene rings is 2. The standard InChI is InChI=1S/C21H21N5O3/c1-14(27)15-9-10-18(19(13-15)26(28)29)22-17-7-5-6-16(12-17)21-24-23-20-8-3-2-4-11-25(20)21/h5-7,9-10,12-13,22H,2-4,8,11H2,1H3. The number of nitrogens with one attached hydrogen (secondary N) is 1. The molecule has 0 unspecified atom stereocenters. The minimum absolute atomic E-state index is 0.139. The first-order valence-corrected chi connectivity index (χ1v) is 9.62. The lowest BCUT2D eigenvalue weighted by molar-refractivity contribution is -0.383. The first-order valence-electron chi connectivity index (χ1n) is 9.62. The van der Waals surface area contributed by atoms with E-state index in [0.29, 0.717) is 16.9 Å². The molecule has 148 valence electrons. The number of carbonyl (C=O) groups excluding carboxylic acids is 1. The number of nitro benzene ring substituents is 1. The molecule has 29 heavy (non-hydrogen) atoms. The van der Waals surface area contributed by atoms with Crippen molar-refractivity contribution < 1.29 is 9.72 Å². The molecule has 0 saturated carbocycles. The van der Waals surface area contributed by atoms with Crippen LogP contribution >= 0.6 is 0 Å². The van der Waals surface area contributed by atoms with Gasteiger partial charge in [-0.25, -0.2) is 0 Å². The molecule has 0 fully saturated rings. The lowest BCUT2D eigenvalue weighted by Crippen LogP contribution is -2.03. The zero-order valence-corrected chi connectivity index (χ0v) is 16.1. The van der Waals surface area contributed by atoms with Crippen molar-refractivity contribution in [2.45, 2.75) is 39.2 Å². The SMILES string of the molecule is CC(=O)c1ccc(Nc2cccc(-c3nnc4n3CCCCC4)c2)c([N+](=O)[O-])c1. The molecule has 0 aliphatic carbocycles. The smallest absolute Gasteiger partial charge is 0.293 e. The molecule has 2 heterocycles. The Morgan fingerprint density at radius 3 is 2.79 bits per heavy atom. The Bertz CT molecular complexity index is 1090. The van der Waals surface area contributed by atoms with Crippen molar-refractivity contribution >= 4 is 22.8 Å². The second kappa shape index (κ2) is 7.83. The summed E-state index contributed by atoms with van der Waals surface area (Å²) in [6.07, 6.45) is 4.34. The van der Waals surface area contributed by atoms with Crippen molar-refractivity contribution in [3.05, 3.63) is 64.0 Å². The Kier molecular flexibility index (Phi) is 5.07. The van der Waals surface area contributed by atoms with Crippen LogP contribution in [0.4, 0.5) is 17.1 Å². The van der Waals surface area contributed by atoms with Crippen molar-refractivity contribution in [1.82, 2.24) is 14.8 Å². The molecule has 0 bridgehead atoms. The molecule has 8 heteroatoms. The summed E-state index contributed by atoms with van der Waals surface area (Å²) in [6, 6.07) is 12.0. The van der Waals surface area contributed by atoms with E-state index in [4.69, 9.17) is 0 Å². The molecular weight excluding hydrogens is 370 g/mol. The lowest BCUT2D eigenvalue weighted by Gasteiger charge is -2.11. The fraction of sp³-hybridized carbons (Fsp3) is 0.286. The summed E-state index contributed by atoms with van der Waals surface area (Å²) < 4.78 is 2.16. The van der Waals surface area contributed by atoms with Crippen LogP contribution in [0.2, 0.25) is 0 Å². The number of ketones is 1. The number of aryl methyl sites for hydroxylation is 1. The van der Waals surface area contributed by atoms with Crippen molar-refractivity contribution in [2.75, 3.05) is 5.32 Å². The van der Waals surface area contributed by atoms with Gasteiger partial charge in [0.25, 0.3) is 5.69 Å². The average molecular weight is 391 g/mol. The maximum absolute atomic E-state index is 11.5. The maximum atomic E-state index is 11.5. The van der Waals surface area contributed by atoms with Crippen LogP contribution in [0.1, 0.15) is 42.4 Å². The van der Waals surface area contributed by atoms with Crippen LogP contribution in [-0.4, -0.2) is 25.5 Å². The van der Waals surface area contributed by atoms with Crippen LogP contribution in [0.25, 0.3) is 11.4 Å². The number of Topliss-reactive ketones (excluding diaryl/α,β-unsaturated/α-hetero) is 1. The monoisotopic (exact) mass is 391 g/mol. The van der Waals surface area contributed by atoms with Crippen LogP contribution in [0, 0.1) is 10.1 Å². The van der Waals surface area contributed by atoms with Crippen LogP contribution in [0.5, 0.6) is 0 Å². The number of fused-ring (bicyclic) bond motifs is 1. The molecule has 4 rings (SSSR count). The summed E-state index contributed by atoms with van der Waals surface area (Å²) in [5.41, 5.74) is 2.10. The van der Waals surface area contributed by atoms with Gasteiger partial charge in [-0.2, -0.15) is 0 Å². The highest BCUT2D eigenvalue weighted by Crippen LogP contribution is 2.31. The highest BCUT2D eigenvalue weighted by molar-refractivity contribution is 5.95. The fourth-order valence-corrected chi connectivity index (χ4v) is 3.60. The lowest BCUT2D eigenvalue weighted by atomic mass is 10.1. The third kappa shape index (κ3) is 3.87. The van der Waals surface area contributed by atoms with Gasteiger partial charge in [-0.05, 0) is 44.0 Å². The summed E-state index contributed by atoms with van der Waals surface area (Å²) in [4.78, 5) is 22.5. The highest BCUT2D eigenvalue weighted by atomic mass is 16.6. The second-order valence-corrected chi connectivity index (χ2v) is 7.15. The number of hydrogen-bond acceptors (Lipinski definition) is 6. The van der Waals surface area contributed by atoms with E-state index in [9.17, 15) is 14.9 Å². The number of aromatic nitrogens is 3. The Morgan fingerprint density at radius 1 is 1.14 bits per heavy atom. The Morgan fingerprint density at radius 2 is 2.00 bits per heavy atom. The van der Waals surface area contributed by atoms with Gasteiger partial charge < -0.3 is 9.88 Å². The van der Waals surface area contributed by atoms with Crippen LogP contribution in [0.15, 0.2) is 42.5 Å². The molecule has 1 aromatic heterocycles. The maximum Gasteiger partial charge on any atom is 0.293 e. The number of carbonyl (C=O) groups is 1. The zero-order valence-electron chi connectivity index (χ0n) is 16.1. The summed E-state index contributed by atoms with van der Waals surface area (Å²) in [5, 5.41) is 23.3. The van der Waals surface area contributed by atoms with Gasteiger partial charge in [0.2, 0.25) is 0 Å². The Balaban J connectivity index is 1.66. The topological polar surface area (TPSA) is 103 Å². The third-order valence-corrected chi connectivity index (χ3v) is 5.11. The van der Waals surface area contributed by atoms with Crippen molar-refractivity contribution in [2.24, 2.45) is 0 Å². The average Bonchev–Trinajstić information content (AvgIpc) is 2.96. The molecule has 1 aliphatic heterocycles. The molecule has 1 aliphatic rings. The molecule has 8 nitrogen and oxygen atoms in total. The van der Waals surface area contributed by atoms with Gasteiger partial charge in [0.15, 0.2) is 11.6 Å². The van der Waals surface area contributed by atoms with E-state index < -0.39 is 4.92 Å². The van der Waals surface area contributed by atoms with Gasteiger partial charge in [0, 0.05) is 35.8 Å². The second-order valence-electron chi connectivity index (χ2n) is 7.15. The van der Waals surface area contributed by atoms with Gasteiger partial charge >= 0.3 is 0 Å². The van der Waals surface area contributed by atoms with Crippen molar-refractivity contribution in [1.29, 1.82) is 0 Å². The summed E-state index contributed by atoms with van der Waals surface area (Å²) >= 11 is 0. The minimum atomic E-state index is -0.489. The van der Waals surface area contributed by atoms with E-state index in [-0.39, 0.29) is 11.5 Å². The first-order chi connectivity index (χ1) is 14.0. The first kappa shape index (κ1) is 18.8. The molecule has 0 atom stereocenters. The van der Waals surface area contributed by atoms with Crippen LogP contribution in [0.3, 0.4) is 0 Å². The predicted octanol–water partition coefficient (Wildman–Crippen LogP) is 4.53. The van der Waals surface area contributed by atoms with Crippen LogP contribution < -0.4 is 5.32 Å².